The highest BCUT2D eigenvalue weighted by Gasteiger charge is 2.26. The van der Waals surface area contributed by atoms with Crippen LogP contribution >= 0.6 is 0 Å². The zero-order chi connectivity index (χ0) is 14.6. The number of hydrogen-bond acceptors (Lipinski definition) is 6. The Labute approximate surface area is 110 Å². The van der Waals surface area contributed by atoms with E-state index in [2.05, 4.69) is 14.5 Å². The van der Waals surface area contributed by atoms with Crippen molar-refractivity contribution >= 4 is 17.7 Å². The maximum Gasteiger partial charge on any atom is 0.349 e. The summed E-state index contributed by atoms with van der Waals surface area (Å²) in [6.07, 6.45) is 0. The Morgan fingerprint density at radius 3 is 1.84 bits per heavy atom. The van der Waals surface area contributed by atoms with Crippen molar-refractivity contribution in [2.45, 2.75) is 13.8 Å². The highest BCUT2D eigenvalue weighted by Crippen LogP contribution is 2.19. The lowest BCUT2D eigenvalue weighted by molar-refractivity contribution is -0.144. The van der Waals surface area contributed by atoms with Crippen LogP contribution in [0.5, 0.6) is 0 Å². The first kappa shape index (κ1) is 14.7. The number of rotatable bonds is 3. The number of carbonyl (C=O) groups excluding carboxylic acids is 2. The van der Waals surface area contributed by atoms with Crippen LogP contribution in [0.15, 0.2) is 17.7 Å². The fraction of sp³-hybridized carbons (Fsp3) is 0.308. The van der Waals surface area contributed by atoms with Gasteiger partial charge in [0.15, 0.2) is 5.57 Å². The van der Waals surface area contributed by atoms with Gasteiger partial charge < -0.3 is 14.6 Å². The highest BCUT2D eigenvalue weighted by molar-refractivity contribution is 6.19. The molecule has 1 N–H and O–H groups in total. The van der Waals surface area contributed by atoms with Gasteiger partial charge in [-0.3, -0.25) is 4.98 Å². The van der Waals surface area contributed by atoms with Crippen molar-refractivity contribution in [2.24, 2.45) is 0 Å². The van der Waals surface area contributed by atoms with Crippen molar-refractivity contribution in [1.29, 1.82) is 0 Å². The van der Waals surface area contributed by atoms with Crippen LogP contribution in [0.25, 0.3) is 5.76 Å². The molecule has 0 spiro atoms. The molecule has 0 atom stereocenters. The number of aliphatic hydroxyl groups excluding tert-OH is 1. The molecule has 0 saturated carbocycles. The Morgan fingerprint density at radius 1 is 1.05 bits per heavy atom. The van der Waals surface area contributed by atoms with Gasteiger partial charge in [-0.05, 0) is 26.0 Å². The van der Waals surface area contributed by atoms with Crippen LogP contribution in [-0.4, -0.2) is 36.2 Å². The second-order valence-electron chi connectivity index (χ2n) is 3.85. The third-order valence-electron chi connectivity index (χ3n) is 2.37. The van der Waals surface area contributed by atoms with Crippen LogP contribution in [0.1, 0.15) is 17.0 Å². The molecule has 0 radical (unpaired) electrons. The number of aliphatic hydroxyl groups is 1. The number of methoxy groups -OCH3 is 2. The van der Waals surface area contributed by atoms with Gasteiger partial charge in [0, 0.05) is 17.0 Å². The molecule has 0 amide bonds. The largest absolute Gasteiger partial charge is 0.506 e. The van der Waals surface area contributed by atoms with Gasteiger partial charge in [0.25, 0.3) is 0 Å². The van der Waals surface area contributed by atoms with Gasteiger partial charge >= 0.3 is 11.9 Å². The minimum atomic E-state index is -0.962. The van der Waals surface area contributed by atoms with Crippen LogP contribution in [0.4, 0.5) is 0 Å². The maximum atomic E-state index is 11.5. The van der Waals surface area contributed by atoms with Crippen molar-refractivity contribution in [3.63, 3.8) is 0 Å². The lowest BCUT2D eigenvalue weighted by atomic mass is 10.1. The summed E-state index contributed by atoms with van der Waals surface area (Å²) in [5.74, 6) is -2.42. The molecule has 0 saturated heterocycles. The molecular weight excluding hydrogens is 250 g/mol. The molecule has 0 aliphatic carbocycles. The fourth-order valence-electron chi connectivity index (χ4n) is 1.60. The standard InChI is InChI=1S/C13H15NO5/c1-7-5-9(6-8(2)14-7)11(15)10(12(16)18-3)13(17)19-4/h5-6,15H,1-4H3. The highest BCUT2D eigenvalue weighted by atomic mass is 16.5. The molecule has 19 heavy (non-hydrogen) atoms. The van der Waals surface area contributed by atoms with Crippen molar-refractivity contribution < 1.29 is 24.2 Å². The smallest absolute Gasteiger partial charge is 0.349 e. The summed E-state index contributed by atoms with van der Waals surface area (Å²) < 4.78 is 8.93. The molecule has 0 bridgehead atoms. The first-order chi connectivity index (χ1) is 8.90. The zero-order valence-electron chi connectivity index (χ0n) is 11.2. The van der Waals surface area contributed by atoms with Crippen LogP contribution in [0, 0.1) is 13.8 Å². The van der Waals surface area contributed by atoms with Gasteiger partial charge in [-0.15, -0.1) is 0 Å². The normalized spacial score (nSPS) is 9.68. The molecule has 6 heteroatoms. The molecule has 1 heterocycles. The van der Waals surface area contributed by atoms with E-state index in [0.29, 0.717) is 17.0 Å². The van der Waals surface area contributed by atoms with Crippen LogP contribution in [0.2, 0.25) is 0 Å². The van der Waals surface area contributed by atoms with E-state index in [1.807, 2.05) is 0 Å². The average Bonchev–Trinajstić information content (AvgIpc) is 2.37. The summed E-state index contributed by atoms with van der Waals surface area (Å²) in [4.78, 5) is 27.2. The molecule has 6 nitrogen and oxygen atoms in total. The van der Waals surface area contributed by atoms with Gasteiger partial charge in [0.05, 0.1) is 14.2 Å². The average molecular weight is 265 g/mol. The number of aryl methyl sites for hydroxylation is 2. The van der Waals surface area contributed by atoms with E-state index >= 15 is 0 Å². The predicted molar refractivity (Wildman–Crippen MR) is 67.3 cm³/mol. The summed E-state index contributed by atoms with van der Waals surface area (Å²) in [7, 11) is 2.23. The van der Waals surface area contributed by atoms with Gasteiger partial charge in [0.2, 0.25) is 0 Å². The van der Waals surface area contributed by atoms with E-state index in [0.717, 1.165) is 14.2 Å². The van der Waals surface area contributed by atoms with Crippen LogP contribution < -0.4 is 0 Å². The molecule has 0 aliphatic heterocycles. The summed E-state index contributed by atoms with van der Waals surface area (Å²) >= 11 is 0. The molecule has 0 fully saturated rings. The molecular formula is C13H15NO5. The predicted octanol–water partition coefficient (Wildman–Crippen LogP) is 1.31. The topological polar surface area (TPSA) is 85.7 Å². The number of pyridine rings is 1. The summed E-state index contributed by atoms with van der Waals surface area (Å²) in [6, 6.07) is 3.10. The minimum Gasteiger partial charge on any atom is -0.506 e. The molecule has 0 unspecified atom stereocenters. The minimum absolute atomic E-state index is 0.302. The van der Waals surface area contributed by atoms with E-state index in [4.69, 9.17) is 0 Å². The molecule has 102 valence electrons. The first-order valence-electron chi connectivity index (χ1n) is 5.46. The van der Waals surface area contributed by atoms with Gasteiger partial charge in [-0.25, -0.2) is 9.59 Å². The van der Waals surface area contributed by atoms with Gasteiger partial charge in [-0.1, -0.05) is 0 Å². The maximum absolute atomic E-state index is 11.5. The Balaban J connectivity index is 3.44. The van der Waals surface area contributed by atoms with Crippen molar-refractivity contribution in [2.75, 3.05) is 14.2 Å². The third kappa shape index (κ3) is 3.31. The van der Waals surface area contributed by atoms with Crippen LogP contribution in [-0.2, 0) is 19.1 Å². The quantitative estimate of drug-likeness (QED) is 0.291. The van der Waals surface area contributed by atoms with Crippen molar-refractivity contribution in [1.82, 2.24) is 4.98 Å². The number of nitrogens with zero attached hydrogens (tertiary/aromatic N) is 1. The fourth-order valence-corrected chi connectivity index (χ4v) is 1.60. The van der Waals surface area contributed by atoms with Gasteiger partial charge in [-0.2, -0.15) is 0 Å². The molecule has 0 aromatic carbocycles. The number of aromatic nitrogens is 1. The molecule has 1 aromatic rings. The SMILES string of the molecule is COC(=O)C(C(=O)OC)=C(O)c1cc(C)nc(C)c1. The molecule has 1 aromatic heterocycles. The third-order valence-corrected chi connectivity index (χ3v) is 2.37. The van der Waals surface area contributed by atoms with E-state index < -0.39 is 23.3 Å². The van der Waals surface area contributed by atoms with Gasteiger partial charge in [0.1, 0.15) is 5.76 Å². The first-order valence-corrected chi connectivity index (χ1v) is 5.46. The van der Waals surface area contributed by atoms with Crippen molar-refractivity contribution in [3.05, 3.63) is 34.7 Å². The summed E-state index contributed by atoms with van der Waals surface area (Å²) in [5, 5.41) is 10.1. The van der Waals surface area contributed by atoms with E-state index in [-0.39, 0.29) is 0 Å². The molecule has 1 rings (SSSR count). The Hall–Kier alpha value is -2.37. The zero-order valence-corrected chi connectivity index (χ0v) is 11.2. The second-order valence-corrected chi connectivity index (χ2v) is 3.85. The van der Waals surface area contributed by atoms with E-state index in [1.54, 1.807) is 26.0 Å². The summed E-state index contributed by atoms with van der Waals surface area (Å²) in [6.45, 7) is 3.47. The number of esters is 2. The monoisotopic (exact) mass is 265 g/mol. The number of carbonyl (C=O) groups is 2. The van der Waals surface area contributed by atoms with E-state index in [1.165, 1.54) is 0 Å². The number of hydrogen-bond donors (Lipinski definition) is 1. The lowest BCUT2D eigenvalue weighted by Crippen LogP contribution is -2.18. The lowest BCUT2D eigenvalue weighted by Gasteiger charge is -2.08. The summed E-state index contributed by atoms with van der Waals surface area (Å²) in [5.41, 5.74) is 1.05. The van der Waals surface area contributed by atoms with Crippen LogP contribution in [0.3, 0.4) is 0 Å². The Kier molecular flexibility index (Phi) is 4.63. The second kappa shape index (κ2) is 5.99. The Morgan fingerprint density at radius 2 is 1.47 bits per heavy atom. The number of ether oxygens (including phenoxy) is 2. The van der Waals surface area contributed by atoms with E-state index in [9.17, 15) is 14.7 Å². The van der Waals surface area contributed by atoms with Crippen molar-refractivity contribution in [3.8, 4) is 0 Å². The Bertz CT molecular complexity index is 510. The molecule has 0 aliphatic rings.